The summed E-state index contributed by atoms with van der Waals surface area (Å²) in [6.45, 7) is 0.121. The van der Waals surface area contributed by atoms with Crippen LogP contribution in [0.15, 0.2) is 47.5 Å². The Bertz CT molecular complexity index is 1110. The van der Waals surface area contributed by atoms with Crippen LogP contribution in [0.1, 0.15) is 5.56 Å². The van der Waals surface area contributed by atoms with Crippen molar-refractivity contribution in [1.82, 2.24) is 9.78 Å². The maximum absolute atomic E-state index is 12.4. The first kappa shape index (κ1) is 19.3. The van der Waals surface area contributed by atoms with E-state index in [1.807, 2.05) is 0 Å². The molecule has 0 bridgehead atoms. The molecule has 27 heavy (non-hydrogen) atoms. The van der Waals surface area contributed by atoms with E-state index >= 15 is 0 Å². The van der Waals surface area contributed by atoms with Crippen LogP contribution in [0.25, 0.3) is 10.9 Å². The number of aromatic nitrogens is 2. The highest BCUT2D eigenvalue weighted by atomic mass is 35.5. The van der Waals surface area contributed by atoms with Crippen molar-refractivity contribution < 1.29 is 18.3 Å². The summed E-state index contributed by atoms with van der Waals surface area (Å²) in [7, 11) is -3.57. The lowest BCUT2D eigenvalue weighted by Crippen LogP contribution is -2.15. The number of amides is 1. The molecule has 142 valence electrons. The molecule has 9 heteroatoms. The van der Waals surface area contributed by atoms with E-state index < -0.39 is 9.84 Å². The van der Waals surface area contributed by atoms with Crippen LogP contribution in [0, 0.1) is 0 Å². The van der Waals surface area contributed by atoms with Crippen molar-refractivity contribution in [2.24, 2.45) is 0 Å². The molecule has 0 unspecified atom stereocenters. The highest BCUT2D eigenvalue weighted by Crippen LogP contribution is 2.27. The molecule has 3 rings (SSSR count). The van der Waals surface area contributed by atoms with Gasteiger partial charge in [-0.1, -0.05) is 29.8 Å². The number of carbonyl (C=O) groups is 1. The third-order valence-electron chi connectivity index (χ3n) is 3.94. The van der Waals surface area contributed by atoms with Gasteiger partial charge in [0.05, 0.1) is 24.5 Å². The highest BCUT2D eigenvalue weighted by Gasteiger charge is 2.18. The first-order valence-electron chi connectivity index (χ1n) is 8.13. The number of anilines is 1. The van der Waals surface area contributed by atoms with Crippen molar-refractivity contribution in [2.75, 3.05) is 18.2 Å². The third-order valence-corrected chi connectivity index (χ3v) is 5.42. The molecule has 1 aromatic heterocycles. The Balaban J connectivity index is 1.94. The molecule has 1 heterocycles. The van der Waals surface area contributed by atoms with Gasteiger partial charge in [0.2, 0.25) is 5.91 Å². The summed E-state index contributed by atoms with van der Waals surface area (Å²) in [4.78, 5) is 12.4. The van der Waals surface area contributed by atoms with Gasteiger partial charge in [0, 0.05) is 28.5 Å². The van der Waals surface area contributed by atoms with Gasteiger partial charge in [-0.25, -0.2) is 8.42 Å². The van der Waals surface area contributed by atoms with E-state index in [4.69, 9.17) is 16.7 Å². The monoisotopic (exact) mass is 407 g/mol. The number of rotatable bonds is 6. The topological polar surface area (TPSA) is 101 Å². The van der Waals surface area contributed by atoms with Crippen molar-refractivity contribution in [2.45, 2.75) is 17.9 Å². The lowest BCUT2D eigenvalue weighted by molar-refractivity contribution is -0.115. The fourth-order valence-electron chi connectivity index (χ4n) is 2.74. The van der Waals surface area contributed by atoms with E-state index in [2.05, 4.69) is 10.4 Å². The maximum Gasteiger partial charge on any atom is 0.228 e. The van der Waals surface area contributed by atoms with Gasteiger partial charge in [-0.2, -0.15) is 5.10 Å². The minimum Gasteiger partial charge on any atom is -0.394 e. The number of fused-ring (bicyclic) bond motifs is 1. The summed E-state index contributed by atoms with van der Waals surface area (Å²) in [6.07, 6.45) is 2.78. The van der Waals surface area contributed by atoms with E-state index in [-0.39, 0.29) is 30.4 Å². The minimum absolute atomic E-state index is 0.0183. The van der Waals surface area contributed by atoms with Gasteiger partial charge in [0.25, 0.3) is 0 Å². The van der Waals surface area contributed by atoms with Crippen molar-refractivity contribution in [3.8, 4) is 0 Å². The van der Waals surface area contributed by atoms with Gasteiger partial charge < -0.3 is 10.4 Å². The highest BCUT2D eigenvalue weighted by molar-refractivity contribution is 7.91. The predicted molar refractivity (Wildman–Crippen MR) is 104 cm³/mol. The molecular formula is C18H18ClN3O4S. The van der Waals surface area contributed by atoms with E-state index in [0.717, 1.165) is 6.26 Å². The largest absolute Gasteiger partial charge is 0.394 e. The van der Waals surface area contributed by atoms with E-state index in [0.29, 0.717) is 27.2 Å². The van der Waals surface area contributed by atoms with Gasteiger partial charge in [-0.3, -0.25) is 9.48 Å². The van der Waals surface area contributed by atoms with E-state index in [9.17, 15) is 13.2 Å². The second-order valence-electron chi connectivity index (χ2n) is 6.12. The standard InChI is InChI=1S/C18H18ClN3O4S/c1-27(25,26)16-10-14(8-13-11-22(6-7-23)21-18(13)16)20-17(24)9-12-4-2-3-5-15(12)19/h2-5,8,10-11,23H,6-7,9H2,1H3,(H,20,24). The van der Waals surface area contributed by atoms with Gasteiger partial charge >= 0.3 is 0 Å². The van der Waals surface area contributed by atoms with Crippen LogP contribution >= 0.6 is 11.6 Å². The number of aliphatic hydroxyl groups excluding tert-OH is 1. The van der Waals surface area contributed by atoms with Gasteiger partial charge in [-0.05, 0) is 23.8 Å². The van der Waals surface area contributed by atoms with Crippen LogP contribution in [0.2, 0.25) is 5.02 Å². The third kappa shape index (κ3) is 4.47. The lowest BCUT2D eigenvalue weighted by atomic mass is 10.1. The first-order valence-corrected chi connectivity index (χ1v) is 10.4. The molecule has 0 saturated carbocycles. The van der Waals surface area contributed by atoms with Crippen molar-refractivity contribution in [3.05, 3.63) is 53.2 Å². The fourth-order valence-corrected chi connectivity index (χ4v) is 3.80. The zero-order chi connectivity index (χ0) is 19.6. The molecule has 0 saturated heterocycles. The minimum atomic E-state index is -3.57. The Morgan fingerprint density at radius 3 is 2.70 bits per heavy atom. The molecule has 0 aliphatic rings. The quantitative estimate of drug-likeness (QED) is 0.652. The average molecular weight is 408 g/mol. The fraction of sp³-hybridized carbons (Fsp3) is 0.222. The van der Waals surface area contributed by atoms with E-state index in [1.54, 1.807) is 36.5 Å². The Morgan fingerprint density at radius 2 is 2.04 bits per heavy atom. The Kier molecular flexibility index (Phi) is 5.50. The number of carbonyl (C=O) groups excluding carboxylic acids is 1. The summed E-state index contributed by atoms with van der Waals surface area (Å²) in [5.41, 5.74) is 1.33. The summed E-state index contributed by atoms with van der Waals surface area (Å²) >= 11 is 6.08. The number of sulfone groups is 1. The summed E-state index contributed by atoms with van der Waals surface area (Å²) < 4.78 is 25.8. The molecule has 0 radical (unpaired) electrons. The molecule has 1 amide bonds. The van der Waals surface area contributed by atoms with Crippen LogP contribution in [0.4, 0.5) is 5.69 Å². The van der Waals surface area contributed by atoms with Crippen LogP contribution < -0.4 is 5.32 Å². The molecule has 0 aliphatic heterocycles. The Morgan fingerprint density at radius 1 is 1.30 bits per heavy atom. The van der Waals surface area contributed by atoms with Crippen molar-refractivity contribution in [3.63, 3.8) is 0 Å². The summed E-state index contributed by atoms with van der Waals surface area (Å²) in [6, 6.07) is 10.1. The van der Waals surface area contributed by atoms with Crippen LogP contribution in [0.5, 0.6) is 0 Å². The SMILES string of the molecule is CS(=O)(=O)c1cc(NC(=O)Cc2ccccc2Cl)cc2cn(CCO)nc12. The first-order chi connectivity index (χ1) is 12.8. The number of nitrogens with one attached hydrogen (secondary N) is 1. The Labute approximate surface area is 161 Å². The van der Waals surface area contributed by atoms with E-state index in [1.165, 1.54) is 10.7 Å². The Hall–Kier alpha value is -2.42. The summed E-state index contributed by atoms with van der Waals surface area (Å²) in [5.74, 6) is -0.315. The lowest BCUT2D eigenvalue weighted by Gasteiger charge is -2.09. The second-order valence-corrected chi connectivity index (χ2v) is 8.51. The van der Waals surface area contributed by atoms with Gasteiger partial charge in [-0.15, -0.1) is 0 Å². The molecule has 2 N–H and O–H groups in total. The zero-order valence-electron chi connectivity index (χ0n) is 14.5. The number of hydrogen-bond donors (Lipinski definition) is 2. The second kappa shape index (κ2) is 7.67. The molecular weight excluding hydrogens is 390 g/mol. The van der Waals surface area contributed by atoms with Crippen LogP contribution in [-0.4, -0.2) is 42.1 Å². The molecule has 0 spiro atoms. The number of nitrogens with zero attached hydrogens (tertiary/aromatic N) is 2. The molecule has 0 aliphatic carbocycles. The number of aliphatic hydroxyl groups is 1. The van der Waals surface area contributed by atoms with Crippen LogP contribution in [-0.2, 0) is 27.6 Å². The number of hydrogen-bond acceptors (Lipinski definition) is 5. The molecule has 0 fully saturated rings. The van der Waals surface area contributed by atoms with Crippen LogP contribution in [0.3, 0.4) is 0 Å². The van der Waals surface area contributed by atoms with Gasteiger partial charge in [0.15, 0.2) is 9.84 Å². The molecule has 0 atom stereocenters. The van der Waals surface area contributed by atoms with Gasteiger partial charge in [0.1, 0.15) is 5.52 Å². The summed E-state index contributed by atoms with van der Waals surface area (Å²) in [5, 5.41) is 17.0. The smallest absolute Gasteiger partial charge is 0.228 e. The maximum atomic E-state index is 12.4. The number of benzene rings is 2. The molecule has 7 nitrogen and oxygen atoms in total. The van der Waals surface area contributed by atoms with Crippen molar-refractivity contribution in [1.29, 1.82) is 0 Å². The predicted octanol–water partition coefficient (Wildman–Crippen LogP) is 2.27. The normalized spacial score (nSPS) is 11.7. The van der Waals surface area contributed by atoms with Crippen molar-refractivity contribution >= 4 is 43.9 Å². The number of halogens is 1. The zero-order valence-corrected chi connectivity index (χ0v) is 16.1. The molecule has 3 aromatic rings. The molecule has 2 aromatic carbocycles. The average Bonchev–Trinajstić information content (AvgIpc) is 2.98.